The summed E-state index contributed by atoms with van der Waals surface area (Å²) in [7, 11) is 0. The van der Waals surface area contributed by atoms with E-state index in [9.17, 15) is 9.59 Å². The van der Waals surface area contributed by atoms with Crippen LogP contribution < -0.4 is 10.1 Å². The highest BCUT2D eigenvalue weighted by atomic mass is 16.5. The van der Waals surface area contributed by atoms with Crippen LogP contribution in [0.5, 0.6) is 5.75 Å². The van der Waals surface area contributed by atoms with Crippen molar-refractivity contribution >= 4 is 17.6 Å². The maximum absolute atomic E-state index is 13.0. The fourth-order valence-corrected chi connectivity index (χ4v) is 3.91. The van der Waals surface area contributed by atoms with Gasteiger partial charge in [0, 0.05) is 43.9 Å². The van der Waals surface area contributed by atoms with E-state index in [1.807, 2.05) is 60.7 Å². The molecule has 6 nitrogen and oxygen atoms in total. The summed E-state index contributed by atoms with van der Waals surface area (Å²) in [4.78, 5) is 29.0. The van der Waals surface area contributed by atoms with Crippen molar-refractivity contribution in [1.29, 1.82) is 0 Å². The van der Waals surface area contributed by atoms with Crippen molar-refractivity contribution in [3.05, 3.63) is 95.6 Å². The molecule has 1 aliphatic heterocycles. The van der Waals surface area contributed by atoms with E-state index in [2.05, 4.69) is 24.4 Å². The highest BCUT2D eigenvalue weighted by Gasteiger charge is 2.25. The number of urea groups is 1. The highest BCUT2D eigenvalue weighted by molar-refractivity contribution is 5.95. The molecule has 3 aromatic carbocycles. The third-order valence-electron chi connectivity index (χ3n) is 5.86. The lowest BCUT2D eigenvalue weighted by Crippen LogP contribution is -2.51. The van der Waals surface area contributed by atoms with Crippen LogP contribution in [0.25, 0.3) is 0 Å². The number of aryl methyl sites for hydroxylation is 1. The van der Waals surface area contributed by atoms with E-state index in [0.717, 1.165) is 12.1 Å². The maximum atomic E-state index is 13.0. The largest absolute Gasteiger partial charge is 0.493 e. The van der Waals surface area contributed by atoms with Gasteiger partial charge in [-0.3, -0.25) is 4.79 Å². The number of carbonyl (C=O) groups is 2. The Bertz CT molecular complexity index is 1090. The zero-order valence-corrected chi connectivity index (χ0v) is 18.9. The lowest BCUT2D eigenvalue weighted by atomic mass is 10.1. The zero-order chi connectivity index (χ0) is 23.0. The molecule has 33 heavy (non-hydrogen) atoms. The van der Waals surface area contributed by atoms with Gasteiger partial charge >= 0.3 is 6.03 Å². The van der Waals surface area contributed by atoms with Gasteiger partial charge in [0.05, 0.1) is 6.61 Å². The number of carbonyl (C=O) groups excluding carboxylic acids is 2. The number of benzene rings is 3. The van der Waals surface area contributed by atoms with Crippen LogP contribution in [-0.2, 0) is 6.42 Å². The predicted molar refractivity (Wildman–Crippen MR) is 130 cm³/mol. The molecule has 6 heteroatoms. The number of piperazine rings is 1. The summed E-state index contributed by atoms with van der Waals surface area (Å²) >= 11 is 0. The Morgan fingerprint density at radius 2 is 1.55 bits per heavy atom. The number of anilines is 1. The van der Waals surface area contributed by atoms with Crippen LogP contribution in [0.15, 0.2) is 78.9 Å². The monoisotopic (exact) mass is 443 g/mol. The second kappa shape index (κ2) is 10.7. The number of hydrogen-bond acceptors (Lipinski definition) is 3. The van der Waals surface area contributed by atoms with Gasteiger partial charge in [0.25, 0.3) is 5.91 Å². The molecule has 1 saturated heterocycles. The first kappa shape index (κ1) is 22.4. The molecule has 0 spiro atoms. The molecule has 0 saturated carbocycles. The summed E-state index contributed by atoms with van der Waals surface area (Å²) in [6, 6.07) is 24.8. The van der Waals surface area contributed by atoms with Gasteiger partial charge in [-0.25, -0.2) is 4.79 Å². The first-order chi connectivity index (χ1) is 16.1. The van der Waals surface area contributed by atoms with Crippen molar-refractivity contribution in [2.45, 2.75) is 13.3 Å². The maximum Gasteiger partial charge on any atom is 0.321 e. The van der Waals surface area contributed by atoms with E-state index in [1.165, 1.54) is 11.1 Å². The molecular formula is C27H29N3O3. The van der Waals surface area contributed by atoms with E-state index in [4.69, 9.17) is 4.74 Å². The summed E-state index contributed by atoms with van der Waals surface area (Å²) in [5, 5.41) is 2.90. The topological polar surface area (TPSA) is 61.9 Å². The van der Waals surface area contributed by atoms with E-state index in [0.29, 0.717) is 44.1 Å². The first-order valence-electron chi connectivity index (χ1n) is 11.3. The molecule has 1 heterocycles. The molecule has 3 aromatic rings. The third-order valence-corrected chi connectivity index (χ3v) is 5.86. The molecule has 0 aromatic heterocycles. The molecule has 0 unspecified atom stereocenters. The smallest absolute Gasteiger partial charge is 0.321 e. The average molecular weight is 444 g/mol. The quantitative estimate of drug-likeness (QED) is 0.605. The number of hydrogen-bond donors (Lipinski definition) is 1. The van der Waals surface area contributed by atoms with Crippen molar-refractivity contribution in [2.75, 3.05) is 38.1 Å². The van der Waals surface area contributed by atoms with E-state index in [-0.39, 0.29) is 11.9 Å². The van der Waals surface area contributed by atoms with Crippen LogP contribution in [0.4, 0.5) is 10.5 Å². The summed E-state index contributed by atoms with van der Waals surface area (Å²) in [5.74, 6) is 0.651. The first-order valence-corrected chi connectivity index (χ1v) is 11.3. The standard InChI is InChI=1S/C27H29N3O3/c1-21-8-5-6-9-22(21)14-19-33-25-13-7-10-23(20-25)26(31)29-15-17-30(18-16-29)27(32)28-24-11-3-2-4-12-24/h2-13,20H,14-19H2,1H3,(H,28,32). The van der Waals surface area contributed by atoms with Crippen LogP contribution in [0.2, 0.25) is 0 Å². The van der Waals surface area contributed by atoms with Crippen molar-refractivity contribution in [1.82, 2.24) is 9.80 Å². The second-order valence-corrected chi connectivity index (χ2v) is 8.13. The Morgan fingerprint density at radius 3 is 2.30 bits per heavy atom. The van der Waals surface area contributed by atoms with Crippen molar-refractivity contribution in [2.24, 2.45) is 0 Å². The van der Waals surface area contributed by atoms with Crippen molar-refractivity contribution < 1.29 is 14.3 Å². The Balaban J connectivity index is 1.28. The van der Waals surface area contributed by atoms with Crippen LogP contribution >= 0.6 is 0 Å². The Hall–Kier alpha value is -3.80. The molecule has 0 radical (unpaired) electrons. The van der Waals surface area contributed by atoms with Gasteiger partial charge < -0.3 is 19.9 Å². The number of nitrogens with one attached hydrogen (secondary N) is 1. The molecular weight excluding hydrogens is 414 g/mol. The SMILES string of the molecule is Cc1ccccc1CCOc1cccc(C(=O)N2CCN(C(=O)Nc3ccccc3)CC2)c1. The highest BCUT2D eigenvalue weighted by Crippen LogP contribution is 2.17. The fraction of sp³-hybridized carbons (Fsp3) is 0.259. The zero-order valence-electron chi connectivity index (χ0n) is 18.9. The van der Waals surface area contributed by atoms with Gasteiger partial charge in [0.15, 0.2) is 0 Å². The fourth-order valence-electron chi connectivity index (χ4n) is 3.91. The van der Waals surface area contributed by atoms with Gasteiger partial charge in [-0.15, -0.1) is 0 Å². The van der Waals surface area contributed by atoms with Crippen LogP contribution in [0.3, 0.4) is 0 Å². The van der Waals surface area contributed by atoms with Crippen LogP contribution in [-0.4, -0.2) is 54.5 Å². The predicted octanol–water partition coefficient (Wildman–Crippen LogP) is 4.61. The molecule has 0 atom stereocenters. The summed E-state index contributed by atoms with van der Waals surface area (Å²) in [5.41, 5.74) is 3.88. The minimum absolute atomic E-state index is 0.0394. The molecule has 3 amide bonds. The number of para-hydroxylation sites is 1. The molecule has 1 N–H and O–H groups in total. The number of ether oxygens (including phenoxy) is 1. The van der Waals surface area contributed by atoms with E-state index in [1.54, 1.807) is 15.9 Å². The van der Waals surface area contributed by atoms with Gasteiger partial charge in [-0.1, -0.05) is 48.5 Å². The third kappa shape index (κ3) is 5.92. The minimum atomic E-state index is -0.141. The number of amides is 3. The van der Waals surface area contributed by atoms with Gasteiger partial charge in [0.1, 0.15) is 5.75 Å². The molecule has 1 aliphatic rings. The van der Waals surface area contributed by atoms with Gasteiger partial charge in [0.2, 0.25) is 0 Å². The van der Waals surface area contributed by atoms with Crippen LogP contribution in [0.1, 0.15) is 21.5 Å². The lowest BCUT2D eigenvalue weighted by molar-refractivity contribution is 0.0671. The van der Waals surface area contributed by atoms with Crippen molar-refractivity contribution in [3.8, 4) is 5.75 Å². The lowest BCUT2D eigenvalue weighted by Gasteiger charge is -2.34. The van der Waals surface area contributed by atoms with E-state index < -0.39 is 0 Å². The van der Waals surface area contributed by atoms with E-state index >= 15 is 0 Å². The molecule has 0 aliphatic carbocycles. The van der Waals surface area contributed by atoms with Crippen LogP contribution in [0, 0.1) is 6.92 Å². The summed E-state index contributed by atoms with van der Waals surface area (Å²) < 4.78 is 5.92. The molecule has 170 valence electrons. The Labute approximate surface area is 194 Å². The molecule has 0 bridgehead atoms. The number of nitrogens with zero attached hydrogens (tertiary/aromatic N) is 2. The Kier molecular flexibility index (Phi) is 7.25. The molecule has 1 fully saturated rings. The summed E-state index contributed by atoms with van der Waals surface area (Å²) in [6.07, 6.45) is 0.817. The van der Waals surface area contributed by atoms with Gasteiger partial charge in [-0.2, -0.15) is 0 Å². The average Bonchev–Trinajstić information content (AvgIpc) is 2.86. The second-order valence-electron chi connectivity index (χ2n) is 8.13. The minimum Gasteiger partial charge on any atom is -0.493 e. The number of rotatable bonds is 6. The summed E-state index contributed by atoms with van der Waals surface area (Å²) in [6.45, 7) is 4.64. The van der Waals surface area contributed by atoms with Gasteiger partial charge in [-0.05, 0) is 48.4 Å². The van der Waals surface area contributed by atoms with Crippen molar-refractivity contribution in [3.63, 3.8) is 0 Å². The molecule has 4 rings (SSSR count). The normalized spacial score (nSPS) is 13.5. The Morgan fingerprint density at radius 1 is 0.848 bits per heavy atom.